The molecule has 0 bridgehead atoms. The molecular formula is C18H34N6O7. The van der Waals surface area contributed by atoms with E-state index < -0.39 is 60.2 Å². The minimum absolute atomic E-state index is 0.00975. The van der Waals surface area contributed by atoms with Crippen LogP contribution in [0.4, 0.5) is 0 Å². The van der Waals surface area contributed by atoms with E-state index in [-0.39, 0.29) is 38.3 Å². The molecule has 0 fully saturated rings. The van der Waals surface area contributed by atoms with Crippen LogP contribution in [0.25, 0.3) is 0 Å². The maximum absolute atomic E-state index is 12.8. The smallest absolute Gasteiger partial charge is 0.326 e. The van der Waals surface area contributed by atoms with Gasteiger partial charge in [0.05, 0.1) is 12.5 Å². The molecule has 0 heterocycles. The molecule has 0 aliphatic carbocycles. The number of hydrogen-bond acceptors (Lipinski definition) is 8. The summed E-state index contributed by atoms with van der Waals surface area (Å²) in [4.78, 5) is 59.4. The molecule has 0 saturated carbocycles. The van der Waals surface area contributed by atoms with Gasteiger partial charge in [-0.1, -0.05) is 13.8 Å². The normalized spacial score (nSPS) is 14.8. The van der Waals surface area contributed by atoms with Crippen LogP contribution in [0.5, 0.6) is 0 Å². The summed E-state index contributed by atoms with van der Waals surface area (Å²) in [5, 5.41) is 24.9. The number of nitrogens with two attached hydrogens (primary N) is 3. The first-order valence-electron chi connectivity index (χ1n) is 9.94. The lowest BCUT2D eigenvalue weighted by atomic mass is 10.0. The predicted molar refractivity (Wildman–Crippen MR) is 110 cm³/mol. The minimum atomic E-state index is -1.68. The second kappa shape index (κ2) is 14.3. The molecule has 0 aromatic carbocycles. The zero-order valence-electron chi connectivity index (χ0n) is 17.8. The third kappa shape index (κ3) is 11.3. The lowest BCUT2D eigenvalue weighted by Gasteiger charge is -2.25. The molecule has 11 N–H and O–H groups in total. The van der Waals surface area contributed by atoms with Gasteiger partial charge in [0.25, 0.3) is 0 Å². The fourth-order valence-corrected chi connectivity index (χ4v) is 2.65. The van der Waals surface area contributed by atoms with Gasteiger partial charge in [-0.05, 0) is 38.3 Å². The molecule has 0 saturated heterocycles. The fraction of sp³-hybridized carbons (Fsp3) is 0.722. The topological polar surface area (TPSA) is 240 Å². The van der Waals surface area contributed by atoms with E-state index in [1.165, 1.54) is 0 Å². The van der Waals surface area contributed by atoms with Crippen molar-refractivity contribution >= 4 is 29.7 Å². The van der Waals surface area contributed by atoms with E-state index in [9.17, 15) is 24.0 Å². The average Bonchev–Trinajstić information content (AvgIpc) is 2.65. The Kier molecular flexibility index (Phi) is 13.0. The summed E-state index contributed by atoms with van der Waals surface area (Å²) in [6.45, 7) is 3.84. The lowest BCUT2D eigenvalue weighted by molar-refractivity contribution is -0.147. The first kappa shape index (κ1) is 28.2. The van der Waals surface area contributed by atoms with Gasteiger partial charge >= 0.3 is 11.9 Å². The zero-order chi connectivity index (χ0) is 24.1. The number of hydrogen-bond donors (Lipinski definition) is 8. The van der Waals surface area contributed by atoms with Crippen LogP contribution < -0.4 is 33.2 Å². The van der Waals surface area contributed by atoms with Crippen LogP contribution in [-0.4, -0.2) is 77.1 Å². The number of carboxylic acid groups (broad SMARTS) is 2. The number of carbonyl (C=O) groups excluding carboxylic acids is 3. The number of amides is 3. The quantitative estimate of drug-likeness (QED) is 0.127. The highest BCUT2D eigenvalue weighted by molar-refractivity contribution is 5.94. The summed E-state index contributed by atoms with van der Waals surface area (Å²) in [5.41, 5.74) is 16.6. The Bertz CT molecular complexity index is 643. The van der Waals surface area contributed by atoms with Gasteiger partial charge in [-0.15, -0.1) is 0 Å². The van der Waals surface area contributed by atoms with Gasteiger partial charge in [0.15, 0.2) is 0 Å². The first-order chi connectivity index (χ1) is 14.4. The molecule has 13 heteroatoms. The third-order valence-electron chi connectivity index (χ3n) is 4.24. The lowest BCUT2D eigenvalue weighted by Crippen LogP contribution is -2.57. The Morgan fingerprint density at radius 1 is 0.774 bits per heavy atom. The molecule has 0 spiro atoms. The Hall–Kier alpha value is -2.77. The summed E-state index contributed by atoms with van der Waals surface area (Å²) >= 11 is 0. The molecule has 4 atom stereocenters. The highest BCUT2D eigenvalue weighted by Crippen LogP contribution is 2.07. The molecule has 31 heavy (non-hydrogen) atoms. The maximum atomic E-state index is 12.8. The van der Waals surface area contributed by atoms with E-state index >= 15 is 0 Å². The predicted octanol–water partition coefficient (Wildman–Crippen LogP) is -2.93. The molecule has 0 rings (SSSR count). The van der Waals surface area contributed by atoms with Crippen molar-refractivity contribution in [2.45, 2.75) is 63.7 Å². The van der Waals surface area contributed by atoms with Crippen LogP contribution in [0, 0.1) is 5.92 Å². The summed E-state index contributed by atoms with van der Waals surface area (Å²) in [5.74, 6) is -5.09. The summed E-state index contributed by atoms with van der Waals surface area (Å²) in [6.07, 6.45) is -0.400. The summed E-state index contributed by atoms with van der Waals surface area (Å²) in [6, 6.07) is -4.80. The molecule has 0 aliphatic rings. The van der Waals surface area contributed by atoms with Crippen molar-refractivity contribution in [3.8, 4) is 0 Å². The van der Waals surface area contributed by atoms with E-state index in [4.69, 9.17) is 27.4 Å². The van der Waals surface area contributed by atoms with Crippen LogP contribution in [0.1, 0.15) is 39.5 Å². The van der Waals surface area contributed by atoms with Crippen LogP contribution in [0.2, 0.25) is 0 Å². The van der Waals surface area contributed by atoms with Crippen molar-refractivity contribution in [1.29, 1.82) is 0 Å². The zero-order valence-corrected chi connectivity index (χ0v) is 17.8. The molecular weight excluding hydrogens is 412 g/mol. The van der Waals surface area contributed by atoms with Crippen LogP contribution in [0.3, 0.4) is 0 Å². The fourth-order valence-electron chi connectivity index (χ4n) is 2.65. The Balaban J connectivity index is 5.35. The summed E-state index contributed by atoms with van der Waals surface area (Å²) < 4.78 is 0. The summed E-state index contributed by atoms with van der Waals surface area (Å²) in [7, 11) is 0. The Morgan fingerprint density at radius 3 is 1.71 bits per heavy atom. The molecule has 178 valence electrons. The number of rotatable bonds is 15. The molecule has 13 nitrogen and oxygen atoms in total. The van der Waals surface area contributed by atoms with E-state index in [2.05, 4.69) is 16.0 Å². The van der Waals surface area contributed by atoms with Gasteiger partial charge in [0.1, 0.15) is 18.1 Å². The van der Waals surface area contributed by atoms with E-state index in [0.29, 0.717) is 0 Å². The number of carboxylic acids is 2. The van der Waals surface area contributed by atoms with Crippen molar-refractivity contribution < 1.29 is 34.2 Å². The maximum Gasteiger partial charge on any atom is 0.326 e. The number of nitrogens with one attached hydrogen (secondary N) is 3. The van der Waals surface area contributed by atoms with Gasteiger partial charge in [0.2, 0.25) is 17.7 Å². The van der Waals surface area contributed by atoms with Crippen LogP contribution in [-0.2, 0) is 24.0 Å². The van der Waals surface area contributed by atoms with E-state index in [0.717, 1.165) is 0 Å². The van der Waals surface area contributed by atoms with Gasteiger partial charge < -0.3 is 43.4 Å². The Labute approximate surface area is 180 Å². The van der Waals surface area contributed by atoms with Gasteiger partial charge in [0, 0.05) is 0 Å². The SMILES string of the molecule is CC(C)C[C@@H](NC(=O)[C@@H](N)CCN)C(=O)N[C@@H](CCN)C(=O)N[C@@H](CC(=O)O)C(=O)O. The monoisotopic (exact) mass is 446 g/mol. The van der Waals surface area contributed by atoms with E-state index in [1.807, 2.05) is 13.8 Å². The number of aliphatic carboxylic acids is 2. The van der Waals surface area contributed by atoms with Crippen molar-refractivity contribution in [1.82, 2.24) is 16.0 Å². The molecule has 0 aromatic rings. The van der Waals surface area contributed by atoms with Gasteiger partial charge in [-0.3, -0.25) is 19.2 Å². The highest BCUT2D eigenvalue weighted by Gasteiger charge is 2.31. The van der Waals surface area contributed by atoms with Crippen molar-refractivity contribution in [3.05, 3.63) is 0 Å². The van der Waals surface area contributed by atoms with Crippen molar-refractivity contribution in [3.63, 3.8) is 0 Å². The van der Waals surface area contributed by atoms with Gasteiger partial charge in [-0.25, -0.2) is 4.79 Å². The minimum Gasteiger partial charge on any atom is -0.481 e. The molecule has 0 radical (unpaired) electrons. The van der Waals surface area contributed by atoms with Gasteiger partial charge in [-0.2, -0.15) is 0 Å². The highest BCUT2D eigenvalue weighted by atomic mass is 16.4. The van der Waals surface area contributed by atoms with Crippen LogP contribution in [0.15, 0.2) is 0 Å². The van der Waals surface area contributed by atoms with Crippen molar-refractivity contribution in [2.24, 2.45) is 23.1 Å². The molecule has 0 aromatic heterocycles. The first-order valence-corrected chi connectivity index (χ1v) is 9.94. The third-order valence-corrected chi connectivity index (χ3v) is 4.24. The van der Waals surface area contributed by atoms with Crippen LogP contribution >= 0.6 is 0 Å². The van der Waals surface area contributed by atoms with E-state index in [1.54, 1.807) is 0 Å². The Morgan fingerprint density at radius 2 is 1.26 bits per heavy atom. The molecule has 3 amide bonds. The number of carbonyl (C=O) groups is 5. The average molecular weight is 447 g/mol. The largest absolute Gasteiger partial charge is 0.481 e. The molecule has 0 unspecified atom stereocenters. The molecule has 0 aliphatic heterocycles. The standard InChI is InChI=1S/C18H34N6O7/c1-9(2)7-12(23-15(27)10(21)3-5-19)17(29)22-11(4-6-20)16(28)24-13(18(30)31)8-14(25)26/h9-13H,3-8,19-21H2,1-2H3,(H,22,29)(H,23,27)(H,24,28)(H,25,26)(H,30,31)/t10-,11-,12+,13-/m0/s1. The second-order valence-corrected chi connectivity index (χ2v) is 7.51. The second-order valence-electron chi connectivity index (χ2n) is 7.51. The van der Waals surface area contributed by atoms with Crippen molar-refractivity contribution in [2.75, 3.05) is 13.1 Å².